The van der Waals surface area contributed by atoms with Gasteiger partial charge in [0.25, 0.3) is 0 Å². The van der Waals surface area contributed by atoms with Gasteiger partial charge in [0.15, 0.2) is 11.6 Å². The molecular formula is C24H31N5O5. The molecule has 182 valence electrons. The van der Waals surface area contributed by atoms with E-state index in [1.54, 1.807) is 20.8 Å². The summed E-state index contributed by atoms with van der Waals surface area (Å²) in [5.41, 5.74) is 0.0703. The largest absolute Gasteiger partial charge is 0.460 e. The average Bonchev–Trinajstić information content (AvgIpc) is 3.25. The number of aromatic nitrogens is 4. The molecule has 10 heteroatoms. The third-order valence-corrected chi connectivity index (χ3v) is 5.14. The minimum Gasteiger partial charge on any atom is -0.460 e. The van der Waals surface area contributed by atoms with E-state index in [1.165, 1.54) is 4.68 Å². The Balaban J connectivity index is 1.68. The Labute approximate surface area is 198 Å². The first-order valence-electron chi connectivity index (χ1n) is 11.4. The van der Waals surface area contributed by atoms with Gasteiger partial charge in [-0.3, -0.25) is 9.59 Å². The zero-order chi connectivity index (χ0) is 24.6. The smallest absolute Gasteiger partial charge is 0.408 e. The van der Waals surface area contributed by atoms with Crippen LogP contribution in [0.3, 0.4) is 0 Å². The van der Waals surface area contributed by atoms with Crippen LogP contribution in [0.1, 0.15) is 63.8 Å². The molecule has 1 aromatic carbocycles. The number of allylic oxidation sites excluding steroid dienone is 2. The van der Waals surface area contributed by atoms with Crippen LogP contribution in [-0.2, 0) is 32.2 Å². The zero-order valence-corrected chi connectivity index (χ0v) is 19.8. The van der Waals surface area contributed by atoms with E-state index >= 15 is 0 Å². The van der Waals surface area contributed by atoms with Crippen molar-refractivity contribution >= 4 is 17.8 Å². The Kier molecular flexibility index (Phi) is 8.50. The van der Waals surface area contributed by atoms with Crippen LogP contribution in [-0.4, -0.2) is 49.7 Å². The first-order valence-corrected chi connectivity index (χ1v) is 11.4. The van der Waals surface area contributed by atoms with E-state index in [0.29, 0.717) is 5.82 Å². The maximum absolute atomic E-state index is 13.1. The molecule has 1 N–H and O–H groups in total. The number of nitrogens with one attached hydrogen (secondary N) is 1. The quantitative estimate of drug-likeness (QED) is 0.439. The van der Waals surface area contributed by atoms with Crippen molar-refractivity contribution in [2.45, 2.75) is 77.2 Å². The lowest BCUT2D eigenvalue weighted by atomic mass is 9.95. The van der Waals surface area contributed by atoms with Crippen LogP contribution in [0.25, 0.3) is 0 Å². The minimum atomic E-state index is -1.16. The SMILES string of the molecule is CC(C)(C)OC(=O)CC(NC(=O)OCc1ccccc1)C(=O)Cn1nnnc1C1C=CCCC1. The second-order valence-electron chi connectivity index (χ2n) is 9.18. The number of ether oxygens (including phenoxy) is 2. The molecule has 0 radical (unpaired) electrons. The number of carbonyl (C=O) groups is 3. The Morgan fingerprint density at radius 3 is 2.65 bits per heavy atom. The lowest BCUT2D eigenvalue weighted by molar-refractivity contribution is -0.156. The Bertz CT molecular complexity index is 1010. The van der Waals surface area contributed by atoms with Gasteiger partial charge in [-0.2, -0.15) is 0 Å². The molecule has 0 spiro atoms. The van der Waals surface area contributed by atoms with Gasteiger partial charge in [-0.1, -0.05) is 42.5 Å². The van der Waals surface area contributed by atoms with Crippen LogP contribution in [0.4, 0.5) is 4.79 Å². The number of ketones is 1. The van der Waals surface area contributed by atoms with Gasteiger partial charge in [0.2, 0.25) is 0 Å². The molecule has 2 atom stereocenters. The molecule has 3 rings (SSSR count). The van der Waals surface area contributed by atoms with Gasteiger partial charge in [0.1, 0.15) is 24.8 Å². The van der Waals surface area contributed by atoms with E-state index in [0.717, 1.165) is 24.8 Å². The number of amides is 1. The number of rotatable bonds is 9. The van der Waals surface area contributed by atoms with E-state index < -0.39 is 29.5 Å². The molecule has 1 aliphatic carbocycles. The van der Waals surface area contributed by atoms with Crippen LogP contribution >= 0.6 is 0 Å². The summed E-state index contributed by atoms with van der Waals surface area (Å²) in [6.45, 7) is 5.03. The Morgan fingerprint density at radius 1 is 1.21 bits per heavy atom. The van der Waals surface area contributed by atoms with E-state index in [-0.39, 0.29) is 25.5 Å². The first kappa shape index (κ1) is 25.1. The number of alkyl carbamates (subject to hydrolysis) is 1. The van der Waals surface area contributed by atoms with Crippen molar-refractivity contribution < 1.29 is 23.9 Å². The predicted molar refractivity (Wildman–Crippen MR) is 123 cm³/mol. The number of esters is 1. The van der Waals surface area contributed by atoms with Gasteiger partial charge in [-0.05, 0) is 56.0 Å². The highest BCUT2D eigenvalue weighted by atomic mass is 16.6. The Morgan fingerprint density at radius 2 is 1.97 bits per heavy atom. The standard InChI is InChI=1S/C24H31N5O5/c1-24(2,3)34-21(31)14-19(25-23(32)33-16-17-10-6-4-7-11-17)20(30)15-29-22(26-27-28-29)18-12-8-5-9-13-18/h4,6-8,10-12,18-19H,5,9,13-16H2,1-3H3,(H,25,32). The third-order valence-electron chi connectivity index (χ3n) is 5.14. The lowest BCUT2D eigenvalue weighted by Gasteiger charge is -2.22. The number of nitrogens with zero attached hydrogens (tertiary/aromatic N) is 4. The molecule has 1 amide bonds. The summed E-state index contributed by atoms with van der Waals surface area (Å²) in [4.78, 5) is 38.0. The predicted octanol–water partition coefficient (Wildman–Crippen LogP) is 3.09. The normalized spacial score (nSPS) is 16.5. The molecule has 2 aromatic rings. The van der Waals surface area contributed by atoms with Crippen molar-refractivity contribution in [3.63, 3.8) is 0 Å². The van der Waals surface area contributed by atoms with Gasteiger partial charge < -0.3 is 14.8 Å². The summed E-state index contributed by atoms with van der Waals surface area (Å²) in [5, 5.41) is 14.3. The van der Waals surface area contributed by atoms with Gasteiger partial charge in [0, 0.05) is 5.92 Å². The first-order chi connectivity index (χ1) is 16.2. The fourth-order valence-electron chi connectivity index (χ4n) is 3.58. The molecule has 34 heavy (non-hydrogen) atoms. The van der Waals surface area contributed by atoms with E-state index in [2.05, 4.69) is 26.9 Å². The van der Waals surface area contributed by atoms with Crippen LogP contribution in [0.5, 0.6) is 0 Å². The number of Topliss-reactive ketones (excluding diaryl/α,β-unsaturated/α-hetero) is 1. The molecule has 2 unspecified atom stereocenters. The molecule has 0 aliphatic heterocycles. The summed E-state index contributed by atoms with van der Waals surface area (Å²) in [5.74, 6) is -0.450. The highest BCUT2D eigenvalue weighted by molar-refractivity contribution is 5.91. The average molecular weight is 470 g/mol. The molecule has 1 aromatic heterocycles. The number of hydrogen-bond acceptors (Lipinski definition) is 8. The second-order valence-corrected chi connectivity index (χ2v) is 9.18. The zero-order valence-electron chi connectivity index (χ0n) is 19.8. The van der Waals surface area contributed by atoms with E-state index in [4.69, 9.17) is 9.47 Å². The van der Waals surface area contributed by atoms with Crippen molar-refractivity contribution in [1.82, 2.24) is 25.5 Å². The fourth-order valence-corrected chi connectivity index (χ4v) is 3.58. The number of benzene rings is 1. The topological polar surface area (TPSA) is 125 Å². The van der Waals surface area contributed by atoms with Gasteiger partial charge in [-0.25, -0.2) is 9.48 Å². The summed E-state index contributed by atoms with van der Waals surface area (Å²) < 4.78 is 12.0. The number of hydrogen-bond donors (Lipinski definition) is 1. The van der Waals surface area contributed by atoms with Crippen molar-refractivity contribution in [2.75, 3.05) is 0 Å². The molecule has 1 aliphatic rings. The van der Waals surface area contributed by atoms with Crippen LogP contribution in [0.15, 0.2) is 42.5 Å². The third kappa shape index (κ3) is 7.79. The van der Waals surface area contributed by atoms with Gasteiger partial charge in [-0.15, -0.1) is 5.10 Å². The maximum Gasteiger partial charge on any atom is 0.408 e. The Hall–Kier alpha value is -3.56. The van der Waals surface area contributed by atoms with Crippen LogP contribution < -0.4 is 5.32 Å². The summed E-state index contributed by atoms with van der Waals surface area (Å²) in [6.07, 6.45) is 5.87. The molecule has 0 saturated heterocycles. The van der Waals surface area contributed by atoms with Crippen molar-refractivity contribution in [3.05, 3.63) is 53.9 Å². The van der Waals surface area contributed by atoms with Crippen LogP contribution in [0, 0.1) is 0 Å². The van der Waals surface area contributed by atoms with Crippen LogP contribution in [0.2, 0.25) is 0 Å². The van der Waals surface area contributed by atoms with Gasteiger partial charge in [0.05, 0.1) is 6.42 Å². The number of carbonyl (C=O) groups excluding carboxylic acids is 3. The summed E-state index contributed by atoms with van der Waals surface area (Å²) >= 11 is 0. The minimum absolute atomic E-state index is 0.0182. The van der Waals surface area contributed by atoms with Gasteiger partial charge >= 0.3 is 12.1 Å². The molecule has 1 heterocycles. The highest BCUT2D eigenvalue weighted by Gasteiger charge is 2.29. The van der Waals surface area contributed by atoms with Crippen molar-refractivity contribution in [2.24, 2.45) is 0 Å². The van der Waals surface area contributed by atoms with Crippen molar-refractivity contribution in [3.8, 4) is 0 Å². The fraction of sp³-hybridized carbons (Fsp3) is 0.500. The molecule has 0 saturated carbocycles. The molecule has 10 nitrogen and oxygen atoms in total. The summed E-state index contributed by atoms with van der Waals surface area (Å²) in [6, 6.07) is 7.99. The van der Waals surface area contributed by atoms with E-state index in [1.807, 2.05) is 36.4 Å². The molecule has 0 fully saturated rings. The maximum atomic E-state index is 13.1. The highest BCUT2D eigenvalue weighted by Crippen LogP contribution is 2.25. The monoisotopic (exact) mass is 469 g/mol. The lowest BCUT2D eigenvalue weighted by Crippen LogP contribution is -2.45. The molecular weight excluding hydrogens is 438 g/mol. The van der Waals surface area contributed by atoms with Crippen molar-refractivity contribution in [1.29, 1.82) is 0 Å². The summed E-state index contributed by atoms with van der Waals surface area (Å²) in [7, 11) is 0. The second kappa shape index (κ2) is 11.5. The van der Waals surface area contributed by atoms with E-state index in [9.17, 15) is 14.4 Å². The number of tetrazole rings is 1. The molecule has 0 bridgehead atoms.